The van der Waals surface area contributed by atoms with E-state index in [-0.39, 0.29) is 0 Å². The van der Waals surface area contributed by atoms with E-state index in [9.17, 15) is 0 Å². The van der Waals surface area contributed by atoms with Crippen molar-refractivity contribution >= 4 is 76.2 Å². The van der Waals surface area contributed by atoms with E-state index in [2.05, 4.69) is 238 Å². The van der Waals surface area contributed by atoms with Gasteiger partial charge in [0.1, 0.15) is 0 Å². The van der Waals surface area contributed by atoms with Crippen LogP contribution >= 0.6 is 0 Å². The molecule has 0 fully saturated rings. The summed E-state index contributed by atoms with van der Waals surface area (Å²) >= 11 is 0. The van der Waals surface area contributed by atoms with E-state index in [0.717, 1.165) is 11.4 Å². The van der Waals surface area contributed by atoms with E-state index in [4.69, 9.17) is 0 Å². The van der Waals surface area contributed by atoms with Crippen molar-refractivity contribution in [3.05, 3.63) is 224 Å². The summed E-state index contributed by atoms with van der Waals surface area (Å²) in [5, 5.41) is 9.96. The third kappa shape index (κ3) is 5.17. The van der Waals surface area contributed by atoms with Crippen LogP contribution in [0.5, 0.6) is 0 Å². The van der Waals surface area contributed by atoms with E-state index >= 15 is 0 Å². The lowest BCUT2D eigenvalue weighted by Crippen LogP contribution is -1.96. The van der Waals surface area contributed by atoms with Crippen LogP contribution < -0.4 is 0 Å². The fraction of sp³-hybridized carbons (Fsp3) is 0. The van der Waals surface area contributed by atoms with Crippen LogP contribution in [0.3, 0.4) is 0 Å². The lowest BCUT2D eigenvalue weighted by molar-refractivity contribution is 1.17. The van der Waals surface area contributed by atoms with Gasteiger partial charge in [0.25, 0.3) is 0 Å². The number of benzene rings is 10. The Kier molecular flexibility index (Phi) is 7.31. The van der Waals surface area contributed by atoms with Crippen LogP contribution in [0.4, 0.5) is 0 Å². The molecule has 3 heterocycles. The molecule has 0 amide bonds. The molecule has 0 aliphatic carbocycles. The number of hydrogen-bond donors (Lipinski definition) is 0. The van der Waals surface area contributed by atoms with Gasteiger partial charge in [-0.05, 0) is 118 Å². The molecule has 0 aliphatic rings. The Balaban J connectivity index is 0.953. The van der Waals surface area contributed by atoms with Gasteiger partial charge in [-0.2, -0.15) is 0 Å². The van der Waals surface area contributed by atoms with Gasteiger partial charge in [-0.25, -0.2) is 0 Å². The van der Waals surface area contributed by atoms with E-state index in [0.29, 0.717) is 0 Å². The summed E-state index contributed by atoms with van der Waals surface area (Å²) in [7, 11) is 0. The van der Waals surface area contributed by atoms with Crippen molar-refractivity contribution in [2.24, 2.45) is 0 Å². The molecule has 0 spiro atoms. The van der Waals surface area contributed by atoms with Gasteiger partial charge in [0.05, 0.1) is 33.1 Å². The summed E-state index contributed by atoms with van der Waals surface area (Å²) in [6.07, 6.45) is 0. The predicted octanol–water partition coefficient (Wildman–Crippen LogP) is 15.5. The van der Waals surface area contributed by atoms with Gasteiger partial charge in [0.2, 0.25) is 0 Å². The lowest BCUT2D eigenvalue weighted by Gasteiger charge is -2.11. The highest BCUT2D eigenvalue weighted by Crippen LogP contribution is 2.40. The maximum Gasteiger partial charge on any atom is 0.0542 e. The van der Waals surface area contributed by atoms with Crippen LogP contribution in [0.15, 0.2) is 224 Å². The maximum absolute atomic E-state index is 2.44. The van der Waals surface area contributed by atoms with Gasteiger partial charge in [-0.3, -0.25) is 0 Å². The summed E-state index contributed by atoms with van der Waals surface area (Å²) in [6.45, 7) is 0. The summed E-state index contributed by atoms with van der Waals surface area (Å²) < 4.78 is 7.26. The summed E-state index contributed by atoms with van der Waals surface area (Å²) in [5.41, 5.74) is 15.5. The summed E-state index contributed by atoms with van der Waals surface area (Å²) in [4.78, 5) is 0. The first-order valence-electron chi connectivity index (χ1n) is 21.0. The second-order valence-corrected chi connectivity index (χ2v) is 16.2. The molecule has 13 aromatic rings. The average Bonchev–Trinajstić information content (AvgIpc) is 3.96. The zero-order chi connectivity index (χ0) is 40.0. The molecule has 3 aromatic heterocycles. The Hall–Kier alpha value is -8.14. The van der Waals surface area contributed by atoms with Crippen LogP contribution in [0, 0.1) is 0 Å². The molecule has 10 aromatic carbocycles. The first kappa shape index (κ1) is 33.8. The van der Waals surface area contributed by atoms with Crippen molar-refractivity contribution < 1.29 is 0 Å². The number of fused-ring (bicyclic) bond motifs is 10. The largest absolute Gasteiger partial charge is 0.309 e. The van der Waals surface area contributed by atoms with Gasteiger partial charge >= 0.3 is 0 Å². The van der Waals surface area contributed by atoms with E-state index in [1.54, 1.807) is 0 Å². The van der Waals surface area contributed by atoms with Crippen LogP contribution in [-0.2, 0) is 0 Å². The van der Waals surface area contributed by atoms with Gasteiger partial charge in [0.15, 0.2) is 0 Å². The zero-order valence-corrected chi connectivity index (χ0v) is 33.2. The smallest absolute Gasteiger partial charge is 0.0542 e. The third-order valence-corrected chi connectivity index (χ3v) is 12.8. The first-order chi connectivity index (χ1) is 30.2. The molecule has 0 atom stereocenters. The molecular weight excluding hydrogens is 739 g/mol. The minimum atomic E-state index is 1.15. The minimum Gasteiger partial charge on any atom is -0.309 e. The second kappa shape index (κ2) is 13.2. The molecule has 0 bridgehead atoms. The van der Waals surface area contributed by atoms with Crippen LogP contribution in [0.1, 0.15) is 0 Å². The monoisotopic (exact) mass is 775 g/mol. The minimum absolute atomic E-state index is 1.15. The maximum atomic E-state index is 2.44. The fourth-order valence-corrected chi connectivity index (χ4v) is 10.0. The Morgan fingerprint density at radius 2 is 0.607 bits per heavy atom. The van der Waals surface area contributed by atoms with Crippen molar-refractivity contribution in [2.45, 2.75) is 0 Å². The SMILES string of the molecule is c1ccc(-c2cccc(-n3c4ccccc4c4cc(-c5ccc6c(c5)c5ccccc5n6-c5ccc6c(c5)c5ccccc5n6-c5ccc6ccccc6c5)ccc43)c2)cc1. The average molecular weight is 776 g/mol. The predicted molar refractivity (Wildman–Crippen MR) is 258 cm³/mol. The zero-order valence-electron chi connectivity index (χ0n) is 33.2. The highest BCUT2D eigenvalue weighted by molar-refractivity contribution is 6.14. The summed E-state index contributed by atoms with van der Waals surface area (Å²) in [6, 6.07) is 82.3. The van der Waals surface area contributed by atoms with E-state index < -0.39 is 0 Å². The standard InChI is InChI=1S/C58H37N3/c1-2-13-38(14-3-1)41-17-12-18-44(33-41)59-53-22-9-6-19-47(53)50-35-42(26-30-56(50)59)43-27-31-57-51(36-43)48-20-7-10-23-54(48)61(57)46-29-32-58-52(37-46)49-21-8-11-24-55(49)60(58)45-28-25-39-15-4-5-16-40(39)34-45/h1-37H. The molecular formula is C58H37N3. The van der Waals surface area contributed by atoms with Crippen molar-refractivity contribution in [3.8, 4) is 39.3 Å². The van der Waals surface area contributed by atoms with Crippen molar-refractivity contribution in [3.63, 3.8) is 0 Å². The lowest BCUT2D eigenvalue weighted by atomic mass is 10.0. The number of para-hydroxylation sites is 3. The first-order valence-corrected chi connectivity index (χ1v) is 21.0. The van der Waals surface area contributed by atoms with Crippen LogP contribution in [0.25, 0.3) is 116 Å². The molecule has 3 nitrogen and oxygen atoms in total. The van der Waals surface area contributed by atoms with Crippen molar-refractivity contribution in [1.29, 1.82) is 0 Å². The molecule has 0 N–H and O–H groups in total. The third-order valence-electron chi connectivity index (χ3n) is 12.8. The molecule has 0 saturated carbocycles. The normalized spacial score (nSPS) is 11.9. The molecule has 3 heteroatoms. The van der Waals surface area contributed by atoms with Gasteiger partial charge in [-0.1, -0.05) is 140 Å². The number of rotatable bonds is 5. The van der Waals surface area contributed by atoms with E-state index in [1.165, 1.54) is 104 Å². The van der Waals surface area contributed by atoms with E-state index in [1.807, 2.05) is 0 Å². The van der Waals surface area contributed by atoms with Gasteiger partial charge in [0, 0.05) is 49.4 Å². The number of aromatic nitrogens is 3. The highest BCUT2D eigenvalue weighted by Gasteiger charge is 2.19. The highest BCUT2D eigenvalue weighted by atomic mass is 15.0. The van der Waals surface area contributed by atoms with Crippen molar-refractivity contribution in [2.75, 3.05) is 0 Å². The van der Waals surface area contributed by atoms with Gasteiger partial charge < -0.3 is 13.7 Å². The van der Waals surface area contributed by atoms with Gasteiger partial charge in [-0.15, -0.1) is 0 Å². The Bertz CT molecular complexity index is 3880. The molecule has 61 heavy (non-hydrogen) atoms. The molecule has 0 aliphatic heterocycles. The summed E-state index contributed by atoms with van der Waals surface area (Å²) in [5.74, 6) is 0. The molecule has 284 valence electrons. The Morgan fingerprint density at radius 3 is 1.21 bits per heavy atom. The van der Waals surface area contributed by atoms with Crippen molar-refractivity contribution in [1.82, 2.24) is 13.7 Å². The molecule has 0 unspecified atom stereocenters. The number of nitrogens with zero attached hydrogens (tertiary/aromatic N) is 3. The molecule has 0 radical (unpaired) electrons. The molecule has 0 saturated heterocycles. The van der Waals surface area contributed by atoms with Crippen LogP contribution in [-0.4, -0.2) is 13.7 Å². The quantitative estimate of drug-likeness (QED) is 0.165. The van der Waals surface area contributed by atoms with Crippen LogP contribution in [0.2, 0.25) is 0 Å². The molecule has 13 rings (SSSR count). The number of hydrogen-bond acceptors (Lipinski definition) is 0. The Labute approximate surface area is 352 Å². The fourth-order valence-electron chi connectivity index (χ4n) is 10.0. The topological polar surface area (TPSA) is 14.8 Å². The Morgan fingerprint density at radius 1 is 0.197 bits per heavy atom. The second-order valence-electron chi connectivity index (χ2n) is 16.2.